The van der Waals surface area contributed by atoms with Gasteiger partial charge < -0.3 is 13.6 Å². The Hall–Kier alpha value is -2.93. The highest BCUT2D eigenvalue weighted by Gasteiger charge is 2.10. The molecule has 0 saturated heterocycles. The molecule has 4 rings (SSSR count). The predicted molar refractivity (Wildman–Crippen MR) is 104 cm³/mol. The quantitative estimate of drug-likeness (QED) is 0.428. The minimum atomic E-state index is -0.368. The zero-order chi connectivity index (χ0) is 18.8. The molecule has 0 bridgehead atoms. The summed E-state index contributed by atoms with van der Waals surface area (Å²) in [4.78, 5) is 11.7. The average molecular weight is 427 g/mol. The Bertz CT molecular complexity index is 1150. The van der Waals surface area contributed by atoms with Crippen LogP contribution in [0.5, 0.6) is 5.75 Å². The van der Waals surface area contributed by atoms with Gasteiger partial charge in [-0.2, -0.15) is 0 Å². The summed E-state index contributed by atoms with van der Waals surface area (Å²) in [6, 6.07) is 14.5. The maximum Gasteiger partial charge on any atom is 0.336 e. The van der Waals surface area contributed by atoms with Gasteiger partial charge in [0.2, 0.25) is 5.89 Å². The lowest BCUT2D eigenvalue weighted by Gasteiger charge is -2.06. The van der Waals surface area contributed by atoms with Gasteiger partial charge in [-0.05, 0) is 48.4 Å². The Labute approximate surface area is 162 Å². The number of benzene rings is 2. The van der Waals surface area contributed by atoms with Crippen LogP contribution in [-0.4, -0.2) is 10.2 Å². The Kier molecular flexibility index (Phi) is 4.77. The number of halogens is 1. The van der Waals surface area contributed by atoms with Crippen LogP contribution >= 0.6 is 15.9 Å². The van der Waals surface area contributed by atoms with E-state index in [9.17, 15) is 4.79 Å². The molecule has 7 heteroatoms. The number of aromatic nitrogens is 2. The van der Waals surface area contributed by atoms with E-state index in [0.717, 1.165) is 27.4 Å². The molecule has 0 N–H and O–H groups in total. The SMILES string of the molecule is CCc1cc(=O)oc2cc(OCc3nnc(-c4ccc(Br)cc4)o3)ccc12. The van der Waals surface area contributed by atoms with Gasteiger partial charge in [-0.15, -0.1) is 10.2 Å². The van der Waals surface area contributed by atoms with Gasteiger partial charge in [0.25, 0.3) is 5.89 Å². The van der Waals surface area contributed by atoms with E-state index in [4.69, 9.17) is 13.6 Å². The molecule has 136 valence electrons. The standard InChI is InChI=1S/C20H15BrN2O4/c1-2-12-9-19(24)26-17-10-15(7-8-16(12)17)25-11-18-22-23-20(27-18)13-3-5-14(21)6-4-13/h3-10H,2,11H2,1H3. The van der Waals surface area contributed by atoms with Crippen LogP contribution in [0.15, 0.2) is 66.6 Å². The maximum atomic E-state index is 11.7. The molecule has 0 spiro atoms. The molecule has 0 aliphatic rings. The summed E-state index contributed by atoms with van der Waals surface area (Å²) in [5.41, 5.74) is 1.91. The van der Waals surface area contributed by atoms with Gasteiger partial charge in [0.1, 0.15) is 11.3 Å². The van der Waals surface area contributed by atoms with E-state index in [0.29, 0.717) is 23.1 Å². The van der Waals surface area contributed by atoms with Crippen molar-refractivity contribution in [1.82, 2.24) is 10.2 Å². The molecule has 2 aromatic carbocycles. The summed E-state index contributed by atoms with van der Waals surface area (Å²) >= 11 is 3.39. The molecule has 0 radical (unpaired) electrons. The minimum Gasteiger partial charge on any atom is -0.484 e. The Morgan fingerprint density at radius 2 is 1.85 bits per heavy atom. The van der Waals surface area contributed by atoms with E-state index in [1.165, 1.54) is 6.07 Å². The van der Waals surface area contributed by atoms with Crippen LogP contribution in [0.1, 0.15) is 18.4 Å². The number of hydrogen-bond acceptors (Lipinski definition) is 6. The summed E-state index contributed by atoms with van der Waals surface area (Å²) in [6.45, 7) is 2.12. The molecule has 0 unspecified atom stereocenters. The number of rotatable bonds is 5. The van der Waals surface area contributed by atoms with Crippen molar-refractivity contribution in [2.75, 3.05) is 0 Å². The molecule has 2 aromatic heterocycles. The van der Waals surface area contributed by atoms with Crippen LogP contribution < -0.4 is 10.4 Å². The molecule has 0 aliphatic carbocycles. The smallest absolute Gasteiger partial charge is 0.336 e. The van der Waals surface area contributed by atoms with Crippen molar-refractivity contribution in [3.05, 3.63) is 74.9 Å². The van der Waals surface area contributed by atoms with Crippen molar-refractivity contribution in [2.45, 2.75) is 20.0 Å². The lowest BCUT2D eigenvalue weighted by molar-refractivity contribution is 0.264. The van der Waals surface area contributed by atoms with Gasteiger partial charge in [0.15, 0.2) is 6.61 Å². The van der Waals surface area contributed by atoms with E-state index < -0.39 is 0 Å². The zero-order valence-corrected chi connectivity index (χ0v) is 16.0. The summed E-state index contributed by atoms with van der Waals surface area (Å²) in [7, 11) is 0. The Balaban J connectivity index is 1.52. The van der Waals surface area contributed by atoms with Crippen LogP contribution in [0, 0.1) is 0 Å². The summed E-state index contributed by atoms with van der Waals surface area (Å²) in [5.74, 6) is 1.34. The number of nitrogens with zero attached hydrogens (tertiary/aromatic N) is 2. The van der Waals surface area contributed by atoms with Gasteiger partial charge >= 0.3 is 5.63 Å². The summed E-state index contributed by atoms with van der Waals surface area (Å²) in [6.07, 6.45) is 0.753. The Morgan fingerprint density at radius 3 is 2.63 bits per heavy atom. The second kappa shape index (κ2) is 7.36. The van der Waals surface area contributed by atoms with Crippen molar-refractivity contribution in [3.63, 3.8) is 0 Å². The van der Waals surface area contributed by atoms with Crippen LogP contribution in [0.2, 0.25) is 0 Å². The number of fused-ring (bicyclic) bond motifs is 1. The van der Waals surface area contributed by atoms with Crippen LogP contribution in [0.4, 0.5) is 0 Å². The van der Waals surface area contributed by atoms with Gasteiger partial charge in [-0.3, -0.25) is 0 Å². The second-order valence-corrected chi connectivity index (χ2v) is 6.81. The first-order valence-electron chi connectivity index (χ1n) is 8.40. The molecule has 0 amide bonds. The minimum absolute atomic E-state index is 0.118. The fourth-order valence-electron chi connectivity index (χ4n) is 2.76. The molecule has 2 heterocycles. The zero-order valence-electron chi connectivity index (χ0n) is 14.4. The van der Waals surface area contributed by atoms with Crippen molar-refractivity contribution >= 4 is 26.9 Å². The first-order chi connectivity index (χ1) is 13.1. The molecule has 4 aromatic rings. The first-order valence-corrected chi connectivity index (χ1v) is 9.19. The van der Waals surface area contributed by atoms with E-state index in [-0.39, 0.29) is 12.2 Å². The van der Waals surface area contributed by atoms with Crippen LogP contribution in [0.3, 0.4) is 0 Å². The van der Waals surface area contributed by atoms with Crippen LogP contribution in [-0.2, 0) is 13.0 Å². The van der Waals surface area contributed by atoms with Crippen LogP contribution in [0.25, 0.3) is 22.4 Å². The maximum absolute atomic E-state index is 11.7. The number of ether oxygens (including phenoxy) is 1. The molecule has 27 heavy (non-hydrogen) atoms. The lowest BCUT2D eigenvalue weighted by Crippen LogP contribution is -2.00. The van der Waals surface area contributed by atoms with Crippen molar-refractivity contribution in [3.8, 4) is 17.2 Å². The third-order valence-electron chi connectivity index (χ3n) is 4.10. The summed E-state index contributed by atoms with van der Waals surface area (Å²) in [5, 5.41) is 8.95. The van der Waals surface area contributed by atoms with Gasteiger partial charge in [0.05, 0.1) is 0 Å². The molecule has 0 fully saturated rings. The third-order valence-corrected chi connectivity index (χ3v) is 4.63. The topological polar surface area (TPSA) is 78.4 Å². The second-order valence-electron chi connectivity index (χ2n) is 5.90. The fraction of sp³-hybridized carbons (Fsp3) is 0.150. The van der Waals surface area contributed by atoms with Crippen molar-refractivity contribution in [1.29, 1.82) is 0 Å². The third kappa shape index (κ3) is 3.78. The van der Waals surface area contributed by atoms with Gasteiger partial charge in [-0.25, -0.2) is 4.79 Å². The molecular formula is C20H15BrN2O4. The fourth-order valence-corrected chi connectivity index (χ4v) is 3.02. The van der Waals surface area contributed by atoms with Gasteiger partial charge in [0, 0.05) is 27.6 Å². The molecular weight excluding hydrogens is 412 g/mol. The van der Waals surface area contributed by atoms with Gasteiger partial charge in [-0.1, -0.05) is 22.9 Å². The highest BCUT2D eigenvalue weighted by molar-refractivity contribution is 9.10. The largest absolute Gasteiger partial charge is 0.484 e. The predicted octanol–water partition coefficient (Wildman–Crippen LogP) is 4.75. The monoisotopic (exact) mass is 426 g/mol. The lowest BCUT2D eigenvalue weighted by atomic mass is 10.1. The van der Waals surface area contributed by atoms with E-state index in [1.54, 1.807) is 6.07 Å². The first kappa shape index (κ1) is 17.5. The highest BCUT2D eigenvalue weighted by atomic mass is 79.9. The number of hydrogen-bond donors (Lipinski definition) is 0. The Morgan fingerprint density at radius 1 is 1.04 bits per heavy atom. The molecule has 6 nitrogen and oxygen atoms in total. The highest BCUT2D eigenvalue weighted by Crippen LogP contribution is 2.24. The molecule has 0 aliphatic heterocycles. The van der Waals surface area contributed by atoms with Crippen molar-refractivity contribution < 1.29 is 13.6 Å². The van der Waals surface area contributed by atoms with Crippen molar-refractivity contribution in [2.24, 2.45) is 0 Å². The van der Waals surface area contributed by atoms with E-state index in [1.807, 2.05) is 43.3 Å². The average Bonchev–Trinajstić information content (AvgIpc) is 3.15. The van der Waals surface area contributed by atoms with E-state index >= 15 is 0 Å². The normalized spacial score (nSPS) is 11.0. The molecule has 0 atom stereocenters. The molecule has 0 saturated carbocycles. The van der Waals surface area contributed by atoms with E-state index in [2.05, 4.69) is 26.1 Å². The summed E-state index contributed by atoms with van der Waals surface area (Å²) < 4.78 is 17.6. The number of aryl methyl sites for hydroxylation is 1.